The normalized spacial score (nSPS) is 18.9. The van der Waals surface area contributed by atoms with Crippen LogP contribution in [0.25, 0.3) is 21.8 Å². The van der Waals surface area contributed by atoms with E-state index < -0.39 is 0 Å². The molecule has 0 aliphatic carbocycles. The van der Waals surface area contributed by atoms with Crippen molar-refractivity contribution in [3.05, 3.63) is 41.7 Å². The van der Waals surface area contributed by atoms with E-state index in [4.69, 9.17) is 4.98 Å². The lowest BCUT2D eigenvalue weighted by molar-refractivity contribution is 0.472. The zero-order valence-corrected chi connectivity index (χ0v) is 11.3. The molecule has 1 aliphatic rings. The molecule has 1 aliphatic heterocycles. The van der Waals surface area contributed by atoms with Crippen molar-refractivity contribution >= 4 is 21.8 Å². The standard InChI is InChI=1S/C16H17N3/c1-10-9-13-12-5-3-4-6-15(12)19-11(2)17-8-7-14(18-10)16(13)19/h3-6,9,11,17H,7-8H2,1-2H3/t11-/m1/s1. The molecule has 2 aromatic heterocycles. The van der Waals surface area contributed by atoms with E-state index in [0.29, 0.717) is 6.17 Å². The third-order valence-corrected chi connectivity index (χ3v) is 4.08. The highest BCUT2D eigenvalue weighted by atomic mass is 15.2. The highest BCUT2D eigenvalue weighted by Crippen LogP contribution is 2.34. The lowest BCUT2D eigenvalue weighted by atomic mass is 10.1. The highest BCUT2D eigenvalue weighted by molar-refractivity contribution is 6.09. The minimum Gasteiger partial charge on any atom is -0.323 e. The van der Waals surface area contributed by atoms with Gasteiger partial charge in [-0.15, -0.1) is 0 Å². The summed E-state index contributed by atoms with van der Waals surface area (Å²) in [6.07, 6.45) is 1.31. The fraction of sp³-hybridized carbons (Fsp3) is 0.312. The predicted molar refractivity (Wildman–Crippen MR) is 78.4 cm³/mol. The number of hydrogen-bond acceptors (Lipinski definition) is 2. The number of nitrogens with one attached hydrogen (secondary N) is 1. The average Bonchev–Trinajstić information content (AvgIpc) is 2.63. The monoisotopic (exact) mass is 251 g/mol. The maximum absolute atomic E-state index is 4.76. The molecule has 3 heteroatoms. The van der Waals surface area contributed by atoms with Crippen LogP contribution >= 0.6 is 0 Å². The van der Waals surface area contributed by atoms with Crippen molar-refractivity contribution in [2.75, 3.05) is 6.54 Å². The molecule has 1 aromatic carbocycles. The van der Waals surface area contributed by atoms with Gasteiger partial charge in [-0.1, -0.05) is 18.2 Å². The van der Waals surface area contributed by atoms with Crippen molar-refractivity contribution in [3.8, 4) is 0 Å². The molecule has 0 saturated carbocycles. The zero-order valence-electron chi connectivity index (χ0n) is 11.3. The Morgan fingerprint density at radius 2 is 2.11 bits per heavy atom. The van der Waals surface area contributed by atoms with Gasteiger partial charge < -0.3 is 4.57 Å². The van der Waals surface area contributed by atoms with E-state index in [1.165, 1.54) is 27.5 Å². The van der Waals surface area contributed by atoms with Gasteiger partial charge in [0.25, 0.3) is 0 Å². The van der Waals surface area contributed by atoms with Crippen LogP contribution in [0.15, 0.2) is 30.3 Å². The van der Waals surface area contributed by atoms with Gasteiger partial charge in [-0.25, -0.2) is 0 Å². The first-order chi connectivity index (χ1) is 9.25. The largest absolute Gasteiger partial charge is 0.323 e. The molecule has 1 atom stereocenters. The number of rotatable bonds is 0. The van der Waals surface area contributed by atoms with Gasteiger partial charge in [0, 0.05) is 29.4 Å². The number of pyridine rings is 1. The zero-order chi connectivity index (χ0) is 13.0. The van der Waals surface area contributed by atoms with Crippen LogP contribution in [-0.4, -0.2) is 16.1 Å². The molecule has 0 fully saturated rings. The summed E-state index contributed by atoms with van der Waals surface area (Å²) < 4.78 is 2.40. The third-order valence-electron chi connectivity index (χ3n) is 4.08. The molecular weight excluding hydrogens is 234 g/mol. The van der Waals surface area contributed by atoms with Crippen molar-refractivity contribution in [3.63, 3.8) is 0 Å². The van der Waals surface area contributed by atoms with Crippen molar-refractivity contribution in [1.29, 1.82) is 0 Å². The van der Waals surface area contributed by atoms with E-state index in [9.17, 15) is 0 Å². The molecule has 0 spiro atoms. The second kappa shape index (κ2) is 3.81. The van der Waals surface area contributed by atoms with E-state index in [1.807, 2.05) is 0 Å². The molecule has 4 rings (SSSR count). The molecule has 3 nitrogen and oxygen atoms in total. The molecule has 3 heterocycles. The van der Waals surface area contributed by atoms with Crippen molar-refractivity contribution in [2.24, 2.45) is 0 Å². The van der Waals surface area contributed by atoms with Crippen LogP contribution in [0.5, 0.6) is 0 Å². The summed E-state index contributed by atoms with van der Waals surface area (Å²) in [6.45, 7) is 5.30. The van der Waals surface area contributed by atoms with Gasteiger partial charge in [-0.2, -0.15) is 0 Å². The Hall–Kier alpha value is -1.87. The summed E-state index contributed by atoms with van der Waals surface area (Å²) in [5.74, 6) is 0. The van der Waals surface area contributed by atoms with Gasteiger partial charge in [0.2, 0.25) is 0 Å². The molecule has 0 bridgehead atoms. The number of fused-ring (bicyclic) bond motifs is 3. The van der Waals surface area contributed by atoms with Crippen LogP contribution < -0.4 is 5.32 Å². The molecular formula is C16H17N3. The summed E-state index contributed by atoms with van der Waals surface area (Å²) in [5, 5.41) is 6.25. The number of aryl methyl sites for hydroxylation is 1. The molecule has 19 heavy (non-hydrogen) atoms. The molecule has 0 saturated heterocycles. The molecule has 3 aromatic rings. The van der Waals surface area contributed by atoms with Crippen LogP contribution in [0.4, 0.5) is 0 Å². The van der Waals surface area contributed by atoms with E-state index in [1.54, 1.807) is 0 Å². The van der Waals surface area contributed by atoms with Gasteiger partial charge >= 0.3 is 0 Å². The van der Waals surface area contributed by atoms with Gasteiger partial charge in [-0.3, -0.25) is 10.3 Å². The molecule has 0 radical (unpaired) electrons. The van der Waals surface area contributed by atoms with Gasteiger partial charge in [0.1, 0.15) is 0 Å². The summed E-state index contributed by atoms with van der Waals surface area (Å²) in [6, 6.07) is 10.9. The number of hydrogen-bond donors (Lipinski definition) is 1. The van der Waals surface area contributed by atoms with Crippen LogP contribution in [0, 0.1) is 6.92 Å². The summed E-state index contributed by atoms with van der Waals surface area (Å²) >= 11 is 0. The lowest BCUT2D eigenvalue weighted by Crippen LogP contribution is -2.23. The quantitative estimate of drug-likeness (QED) is 0.665. The van der Waals surface area contributed by atoms with E-state index in [-0.39, 0.29) is 0 Å². The molecule has 0 amide bonds. The first kappa shape index (κ1) is 11.0. The second-order valence-corrected chi connectivity index (χ2v) is 5.37. The van der Waals surface area contributed by atoms with E-state index in [2.05, 4.69) is 54.1 Å². The Morgan fingerprint density at radius 3 is 3.00 bits per heavy atom. The smallest absolute Gasteiger partial charge is 0.0817 e. The Balaban J connectivity index is 2.29. The minimum atomic E-state index is 0.313. The van der Waals surface area contributed by atoms with Crippen molar-refractivity contribution in [1.82, 2.24) is 14.9 Å². The molecule has 0 unspecified atom stereocenters. The SMILES string of the molecule is Cc1cc2c3ccccc3n3c2c(n1)CCN[C@H]3C. The Labute approximate surface area is 112 Å². The number of benzene rings is 1. The van der Waals surface area contributed by atoms with E-state index in [0.717, 1.165) is 18.7 Å². The lowest BCUT2D eigenvalue weighted by Gasteiger charge is -2.15. The van der Waals surface area contributed by atoms with Crippen LogP contribution in [-0.2, 0) is 6.42 Å². The molecule has 1 N–H and O–H groups in total. The highest BCUT2D eigenvalue weighted by Gasteiger charge is 2.21. The third kappa shape index (κ3) is 1.45. The van der Waals surface area contributed by atoms with Crippen LogP contribution in [0.1, 0.15) is 24.5 Å². The molecule has 96 valence electrons. The van der Waals surface area contributed by atoms with Gasteiger partial charge in [-0.05, 0) is 26.0 Å². The Morgan fingerprint density at radius 1 is 1.26 bits per heavy atom. The Kier molecular flexibility index (Phi) is 2.21. The van der Waals surface area contributed by atoms with E-state index >= 15 is 0 Å². The van der Waals surface area contributed by atoms with Crippen molar-refractivity contribution in [2.45, 2.75) is 26.4 Å². The fourth-order valence-corrected chi connectivity index (χ4v) is 3.30. The van der Waals surface area contributed by atoms with Gasteiger partial charge in [0.15, 0.2) is 0 Å². The summed E-state index contributed by atoms with van der Waals surface area (Å²) in [7, 11) is 0. The number of aromatic nitrogens is 2. The first-order valence-corrected chi connectivity index (χ1v) is 6.88. The van der Waals surface area contributed by atoms with Crippen LogP contribution in [0.2, 0.25) is 0 Å². The number of para-hydroxylation sites is 1. The fourth-order valence-electron chi connectivity index (χ4n) is 3.30. The average molecular weight is 251 g/mol. The first-order valence-electron chi connectivity index (χ1n) is 6.88. The summed E-state index contributed by atoms with van der Waals surface area (Å²) in [4.78, 5) is 4.76. The minimum absolute atomic E-state index is 0.313. The topological polar surface area (TPSA) is 29.9 Å². The Bertz CT molecular complexity index is 785. The second-order valence-electron chi connectivity index (χ2n) is 5.37. The van der Waals surface area contributed by atoms with Crippen LogP contribution in [0.3, 0.4) is 0 Å². The summed E-state index contributed by atoms with van der Waals surface area (Å²) in [5.41, 5.74) is 4.94. The predicted octanol–water partition coefficient (Wildman–Crippen LogP) is 3.16. The maximum Gasteiger partial charge on any atom is 0.0817 e. The van der Waals surface area contributed by atoms with Gasteiger partial charge in [0.05, 0.1) is 22.9 Å². The number of nitrogens with zero attached hydrogens (tertiary/aromatic N) is 2. The maximum atomic E-state index is 4.76. The van der Waals surface area contributed by atoms with Crippen molar-refractivity contribution < 1.29 is 0 Å².